The number of nitrogen functional groups attached to an aromatic ring is 1. The van der Waals surface area contributed by atoms with Gasteiger partial charge >= 0.3 is 0 Å². The Morgan fingerprint density at radius 2 is 2.10 bits per heavy atom. The zero-order valence-electron chi connectivity index (χ0n) is 11.2. The molecule has 0 aliphatic heterocycles. The Hall–Kier alpha value is -1.91. The Morgan fingerprint density at radius 3 is 2.85 bits per heavy atom. The summed E-state index contributed by atoms with van der Waals surface area (Å²) in [6, 6.07) is 12.0. The van der Waals surface area contributed by atoms with Crippen LogP contribution in [0.4, 0.5) is 5.69 Å². The highest BCUT2D eigenvalue weighted by Gasteiger charge is 2.26. The summed E-state index contributed by atoms with van der Waals surface area (Å²) in [6.45, 7) is 1.82. The minimum absolute atomic E-state index is 0.458. The first kappa shape index (κ1) is 13.1. The summed E-state index contributed by atoms with van der Waals surface area (Å²) in [5.41, 5.74) is 6.53. The van der Waals surface area contributed by atoms with Gasteiger partial charge in [0.05, 0.1) is 0 Å². The maximum absolute atomic E-state index is 10.8. The molecule has 1 aromatic carbocycles. The maximum Gasteiger partial charge on any atom is 0.100 e. The summed E-state index contributed by atoms with van der Waals surface area (Å²) >= 11 is 1.62. The first-order valence-corrected chi connectivity index (χ1v) is 7.28. The van der Waals surface area contributed by atoms with Crippen LogP contribution in [0, 0.1) is 0 Å². The minimum Gasteiger partial charge on any atom is -0.398 e. The number of hydrogen-bond acceptors (Lipinski definition) is 4. The number of nitrogens with two attached hydrogens (primary N) is 1. The fourth-order valence-electron chi connectivity index (χ4n) is 2.29. The third kappa shape index (κ3) is 2.40. The second kappa shape index (κ2) is 4.89. The number of rotatable bonds is 3. The first-order valence-electron chi connectivity index (χ1n) is 6.46. The van der Waals surface area contributed by atoms with Crippen molar-refractivity contribution in [3.63, 3.8) is 0 Å². The van der Waals surface area contributed by atoms with Crippen molar-refractivity contribution < 1.29 is 5.11 Å². The second-order valence-corrected chi connectivity index (χ2v) is 6.26. The van der Waals surface area contributed by atoms with Crippen LogP contribution in [0.25, 0.3) is 10.1 Å². The van der Waals surface area contributed by atoms with Gasteiger partial charge in [-0.3, -0.25) is 4.98 Å². The number of anilines is 1. The predicted molar refractivity (Wildman–Crippen MR) is 83.7 cm³/mol. The standard InChI is InChI=1S/C16H16N2OS/c1-16(19,9-12-10-18-7-6-13(12)17)15-8-11-4-2-3-5-14(11)20-15/h2-8,10,19H,9H2,1H3,(H2,17,18). The maximum atomic E-state index is 10.8. The van der Waals surface area contributed by atoms with E-state index in [9.17, 15) is 5.11 Å². The molecule has 1 atom stereocenters. The van der Waals surface area contributed by atoms with Gasteiger partial charge in [0.15, 0.2) is 0 Å². The van der Waals surface area contributed by atoms with Crippen molar-refractivity contribution in [1.29, 1.82) is 0 Å². The molecule has 2 heterocycles. The lowest BCUT2D eigenvalue weighted by Gasteiger charge is -2.22. The number of aromatic nitrogens is 1. The molecule has 102 valence electrons. The van der Waals surface area contributed by atoms with E-state index in [0.29, 0.717) is 12.1 Å². The number of fused-ring (bicyclic) bond motifs is 1. The zero-order chi connectivity index (χ0) is 14.2. The summed E-state index contributed by atoms with van der Waals surface area (Å²) in [7, 11) is 0. The molecule has 0 amide bonds. The number of pyridine rings is 1. The molecule has 3 rings (SSSR count). The summed E-state index contributed by atoms with van der Waals surface area (Å²) in [5.74, 6) is 0. The van der Waals surface area contributed by atoms with Gasteiger partial charge in [-0.05, 0) is 36.1 Å². The number of hydrogen-bond donors (Lipinski definition) is 2. The van der Waals surface area contributed by atoms with Gasteiger partial charge in [-0.2, -0.15) is 0 Å². The van der Waals surface area contributed by atoms with E-state index in [4.69, 9.17) is 5.73 Å². The Morgan fingerprint density at radius 1 is 1.30 bits per heavy atom. The van der Waals surface area contributed by atoms with Crippen LogP contribution >= 0.6 is 11.3 Å². The Bertz CT molecular complexity index is 716. The van der Waals surface area contributed by atoms with Gasteiger partial charge in [-0.15, -0.1) is 11.3 Å². The summed E-state index contributed by atoms with van der Waals surface area (Å²) < 4.78 is 1.18. The molecule has 0 spiro atoms. The van der Waals surface area contributed by atoms with Crippen LogP contribution in [0.5, 0.6) is 0 Å². The molecule has 0 radical (unpaired) electrons. The van der Waals surface area contributed by atoms with E-state index >= 15 is 0 Å². The lowest BCUT2D eigenvalue weighted by molar-refractivity contribution is 0.0616. The highest BCUT2D eigenvalue weighted by molar-refractivity contribution is 7.19. The van der Waals surface area contributed by atoms with Crippen LogP contribution in [-0.2, 0) is 12.0 Å². The van der Waals surface area contributed by atoms with Crippen LogP contribution in [0.2, 0.25) is 0 Å². The number of thiophene rings is 1. The number of aliphatic hydroxyl groups is 1. The van der Waals surface area contributed by atoms with Crippen LogP contribution in [0.3, 0.4) is 0 Å². The molecule has 1 unspecified atom stereocenters. The highest BCUT2D eigenvalue weighted by Crippen LogP contribution is 2.35. The van der Waals surface area contributed by atoms with Gasteiger partial charge in [0.1, 0.15) is 5.60 Å². The summed E-state index contributed by atoms with van der Waals surface area (Å²) in [4.78, 5) is 5.02. The van der Waals surface area contributed by atoms with Gasteiger partial charge in [-0.25, -0.2) is 0 Å². The summed E-state index contributed by atoms with van der Waals surface area (Å²) in [6.07, 6.45) is 3.84. The van der Waals surface area contributed by atoms with Crippen LogP contribution in [0.15, 0.2) is 48.8 Å². The molecule has 0 aliphatic rings. The van der Waals surface area contributed by atoms with Crippen LogP contribution < -0.4 is 5.73 Å². The smallest absolute Gasteiger partial charge is 0.100 e. The molecule has 3 N–H and O–H groups in total. The molecular formula is C16H16N2OS. The van der Waals surface area contributed by atoms with Crippen molar-refractivity contribution in [2.24, 2.45) is 0 Å². The molecule has 4 heteroatoms. The van der Waals surface area contributed by atoms with Gasteiger partial charge in [0, 0.05) is 34.1 Å². The molecule has 0 saturated carbocycles. The molecule has 0 bridgehead atoms. The predicted octanol–water partition coefficient (Wildman–Crippen LogP) is 3.33. The van der Waals surface area contributed by atoms with E-state index in [2.05, 4.69) is 17.1 Å². The van der Waals surface area contributed by atoms with E-state index in [1.54, 1.807) is 29.8 Å². The van der Waals surface area contributed by atoms with Gasteiger partial charge in [0.2, 0.25) is 0 Å². The monoisotopic (exact) mass is 284 g/mol. The largest absolute Gasteiger partial charge is 0.398 e. The van der Waals surface area contributed by atoms with E-state index in [1.807, 2.05) is 25.1 Å². The summed E-state index contributed by atoms with van der Waals surface area (Å²) in [5, 5.41) is 12.0. The Kier molecular flexibility index (Phi) is 3.20. The lowest BCUT2D eigenvalue weighted by atomic mass is 9.95. The van der Waals surface area contributed by atoms with Crippen molar-refractivity contribution in [2.45, 2.75) is 18.9 Å². The van der Waals surface area contributed by atoms with E-state index in [-0.39, 0.29) is 0 Å². The lowest BCUT2D eigenvalue weighted by Crippen LogP contribution is -2.23. The van der Waals surface area contributed by atoms with E-state index < -0.39 is 5.60 Å². The van der Waals surface area contributed by atoms with Crippen molar-refractivity contribution in [3.05, 3.63) is 59.2 Å². The van der Waals surface area contributed by atoms with Gasteiger partial charge < -0.3 is 10.8 Å². The minimum atomic E-state index is -0.944. The topological polar surface area (TPSA) is 59.1 Å². The van der Waals surface area contributed by atoms with E-state index in [0.717, 1.165) is 15.8 Å². The normalized spacial score (nSPS) is 14.3. The Labute approximate surface area is 121 Å². The van der Waals surface area contributed by atoms with Gasteiger partial charge in [0.25, 0.3) is 0 Å². The third-order valence-corrected chi connectivity index (χ3v) is 4.80. The average molecular weight is 284 g/mol. The fourth-order valence-corrected chi connectivity index (χ4v) is 3.40. The van der Waals surface area contributed by atoms with Crippen molar-refractivity contribution >= 4 is 27.1 Å². The van der Waals surface area contributed by atoms with E-state index in [1.165, 1.54) is 4.70 Å². The molecule has 0 fully saturated rings. The molecule has 3 aromatic rings. The molecule has 3 nitrogen and oxygen atoms in total. The van der Waals surface area contributed by atoms with Crippen molar-refractivity contribution in [1.82, 2.24) is 4.98 Å². The first-order chi connectivity index (χ1) is 9.56. The molecule has 0 aliphatic carbocycles. The highest BCUT2D eigenvalue weighted by atomic mass is 32.1. The molecule has 2 aromatic heterocycles. The van der Waals surface area contributed by atoms with Crippen LogP contribution in [0.1, 0.15) is 17.4 Å². The zero-order valence-corrected chi connectivity index (χ0v) is 12.0. The molecular weight excluding hydrogens is 268 g/mol. The van der Waals surface area contributed by atoms with Crippen molar-refractivity contribution in [2.75, 3.05) is 5.73 Å². The van der Waals surface area contributed by atoms with Crippen LogP contribution in [-0.4, -0.2) is 10.1 Å². The fraction of sp³-hybridized carbons (Fsp3) is 0.188. The quantitative estimate of drug-likeness (QED) is 0.775. The molecule has 20 heavy (non-hydrogen) atoms. The number of benzene rings is 1. The third-order valence-electron chi connectivity index (χ3n) is 3.43. The second-order valence-electron chi connectivity index (χ2n) is 5.17. The average Bonchev–Trinajstić information content (AvgIpc) is 2.86. The molecule has 0 saturated heterocycles. The number of nitrogens with zero attached hydrogens (tertiary/aromatic N) is 1. The van der Waals surface area contributed by atoms with Gasteiger partial charge in [-0.1, -0.05) is 18.2 Å². The SMILES string of the molecule is CC(O)(Cc1cnccc1N)c1cc2ccccc2s1. The van der Waals surface area contributed by atoms with Crippen molar-refractivity contribution in [3.8, 4) is 0 Å². The Balaban J connectivity index is 1.97.